The molecule has 0 fully saturated rings. The van der Waals surface area contributed by atoms with E-state index in [1.165, 1.54) is 0 Å². The summed E-state index contributed by atoms with van der Waals surface area (Å²) in [7, 11) is 0. The molecule has 1 aliphatic rings. The van der Waals surface area contributed by atoms with Crippen molar-refractivity contribution in [2.75, 3.05) is 0 Å². The van der Waals surface area contributed by atoms with E-state index in [-0.39, 0.29) is 6.10 Å². The van der Waals surface area contributed by atoms with E-state index in [1.807, 2.05) is 17.5 Å². The molecule has 0 saturated heterocycles. The molecule has 1 N–H and O–H groups in total. The van der Waals surface area contributed by atoms with Gasteiger partial charge in [-0.3, -0.25) is 0 Å². The standard InChI is InChI=1S/C13H10BrClO2S/c14-7-3-13(18-6-7)12-5-10(16)9-4-8(15)1-2-11(9)17-12/h1-4,6,10,12,16H,5H2/t10-,12?/m1/s1. The molecule has 0 aliphatic carbocycles. The Morgan fingerprint density at radius 2 is 2.22 bits per heavy atom. The van der Waals surface area contributed by atoms with Gasteiger partial charge in [0.1, 0.15) is 11.9 Å². The second kappa shape index (κ2) is 4.85. The van der Waals surface area contributed by atoms with Gasteiger partial charge in [0.2, 0.25) is 0 Å². The van der Waals surface area contributed by atoms with Crippen LogP contribution in [0.4, 0.5) is 0 Å². The molecule has 0 radical (unpaired) electrons. The first kappa shape index (κ1) is 12.5. The van der Waals surface area contributed by atoms with Gasteiger partial charge >= 0.3 is 0 Å². The predicted octanol–water partition coefficient (Wildman–Crippen LogP) is 4.72. The Bertz CT molecular complexity index is 584. The highest BCUT2D eigenvalue weighted by Crippen LogP contribution is 2.43. The number of hydrogen-bond acceptors (Lipinski definition) is 3. The third-order valence-electron chi connectivity index (χ3n) is 2.94. The summed E-state index contributed by atoms with van der Waals surface area (Å²) in [4.78, 5) is 1.11. The maximum atomic E-state index is 10.2. The molecule has 0 spiro atoms. The van der Waals surface area contributed by atoms with Crippen LogP contribution in [-0.4, -0.2) is 5.11 Å². The molecule has 0 amide bonds. The Morgan fingerprint density at radius 1 is 1.39 bits per heavy atom. The molecule has 94 valence electrons. The lowest BCUT2D eigenvalue weighted by atomic mass is 9.98. The molecular formula is C13H10BrClO2S. The number of fused-ring (bicyclic) bond motifs is 1. The first-order chi connectivity index (χ1) is 8.63. The van der Waals surface area contributed by atoms with E-state index < -0.39 is 6.10 Å². The van der Waals surface area contributed by atoms with Crippen LogP contribution in [0.25, 0.3) is 0 Å². The monoisotopic (exact) mass is 344 g/mol. The number of hydrogen-bond donors (Lipinski definition) is 1. The molecule has 2 heterocycles. The van der Waals surface area contributed by atoms with Crippen molar-refractivity contribution >= 4 is 38.9 Å². The summed E-state index contributed by atoms with van der Waals surface area (Å²) in [5, 5.41) is 12.8. The molecular weight excluding hydrogens is 336 g/mol. The lowest BCUT2D eigenvalue weighted by Crippen LogP contribution is -2.18. The van der Waals surface area contributed by atoms with Crippen molar-refractivity contribution in [3.05, 3.63) is 49.6 Å². The fraction of sp³-hybridized carbons (Fsp3) is 0.231. The number of halogens is 2. The van der Waals surface area contributed by atoms with Crippen LogP contribution in [0, 0.1) is 0 Å². The van der Waals surface area contributed by atoms with Crippen molar-refractivity contribution in [3.8, 4) is 5.75 Å². The minimum absolute atomic E-state index is 0.0926. The second-order valence-electron chi connectivity index (χ2n) is 4.21. The highest BCUT2D eigenvalue weighted by Gasteiger charge is 2.29. The molecule has 1 aromatic carbocycles. The van der Waals surface area contributed by atoms with Crippen LogP contribution < -0.4 is 4.74 Å². The van der Waals surface area contributed by atoms with Crippen LogP contribution in [-0.2, 0) is 0 Å². The van der Waals surface area contributed by atoms with Crippen molar-refractivity contribution in [2.45, 2.75) is 18.6 Å². The summed E-state index contributed by atoms with van der Waals surface area (Å²) in [5.74, 6) is 0.715. The van der Waals surface area contributed by atoms with Gasteiger partial charge in [0.05, 0.1) is 6.10 Å². The van der Waals surface area contributed by atoms with Crippen molar-refractivity contribution in [2.24, 2.45) is 0 Å². The highest BCUT2D eigenvalue weighted by molar-refractivity contribution is 9.10. The van der Waals surface area contributed by atoms with Crippen molar-refractivity contribution in [1.29, 1.82) is 0 Å². The third kappa shape index (κ3) is 2.30. The van der Waals surface area contributed by atoms with Gasteiger partial charge in [-0.15, -0.1) is 11.3 Å². The summed E-state index contributed by atoms with van der Waals surface area (Å²) >= 11 is 11.0. The number of rotatable bonds is 1. The van der Waals surface area contributed by atoms with Gasteiger partial charge in [0.25, 0.3) is 0 Å². The Hall–Kier alpha value is -0.550. The van der Waals surface area contributed by atoms with E-state index >= 15 is 0 Å². The summed E-state index contributed by atoms with van der Waals surface area (Å²) in [6, 6.07) is 7.39. The molecule has 2 aromatic rings. The first-order valence-corrected chi connectivity index (χ1v) is 7.56. The number of aliphatic hydroxyl groups is 1. The van der Waals surface area contributed by atoms with E-state index in [4.69, 9.17) is 16.3 Å². The molecule has 2 atom stereocenters. The van der Waals surface area contributed by atoms with Crippen LogP contribution in [0.15, 0.2) is 34.1 Å². The number of ether oxygens (including phenoxy) is 1. The number of aliphatic hydroxyl groups excluding tert-OH is 1. The third-order valence-corrected chi connectivity index (χ3v) is 4.96. The summed E-state index contributed by atoms with van der Waals surface area (Å²) < 4.78 is 6.97. The lowest BCUT2D eigenvalue weighted by Gasteiger charge is -2.29. The Balaban J connectivity index is 1.94. The molecule has 0 bridgehead atoms. The highest BCUT2D eigenvalue weighted by atomic mass is 79.9. The molecule has 0 saturated carbocycles. The van der Waals surface area contributed by atoms with E-state index in [0.29, 0.717) is 17.2 Å². The average molecular weight is 346 g/mol. The normalized spacial score (nSPS) is 22.4. The summed E-state index contributed by atoms with van der Waals surface area (Å²) in [6.45, 7) is 0. The molecule has 18 heavy (non-hydrogen) atoms. The van der Waals surface area contributed by atoms with Gasteiger partial charge in [0.15, 0.2) is 0 Å². The quantitative estimate of drug-likeness (QED) is 0.810. The van der Waals surface area contributed by atoms with Gasteiger partial charge in [-0.25, -0.2) is 0 Å². The SMILES string of the molecule is O[C@@H]1CC(c2cc(Br)cs2)Oc2ccc(Cl)cc21. The van der Waals surface area contributed by atoms with Crippen LogP contribution >= 0.6 is 38.9 Å². The van der Waals surface area contributed by atoms with E-state index in [1.54, 1.807) is 23.5 Å². The Morgan fingerprint density at radius 3 is 2.94 bits per heavy atom. The minimum Gasteiger partial charge on any atom is -0.484 e. The largest absolute Gasteiger partial charge is 0.484 e. The molecule has 5 heteroatoms. The average Bonchev–Trinajstić information content (AvgIpc) is 2.77. The predicted molar refractivity (Wildman–Crippen MR) is 76.4 cm³/mol. The van der Waals surface area contributed by atoms with Crippen LogP contribution in [0.5, 0.6) is 5.75 Å². The van der Waals surface area contributed by atoms with E-state index in [0.717, 1.165) is 14.9 Å². The second-order valence-corrected chi connectivity index (χ2v) is 6.50. The minimum atomic E-state index is -0.529. The first-order valence-electron chi connectivity index (χ1n) is 5.51. The van der Waals surface area contributed by atoms with Crippen molar-refractivity contribution in [1.82, 2.24) is 0 Å². The molecule has 1 aromatic heterocycles. The van der Waals surface area contributed by atoms with Crippen LogP contribution in [0.1, 0.15) is 29.1 Å². The smallest absolute Gasteiger partial charge is 0.136 e. The fourth-order valence-electron chi connectivity index (χ4n) is 2.09. The molecule has 1 aliphatic heterocycles. The van der Waals surface area contributed by atoms with Crippen molar-refractivity contribution < 1.29 is 9.84 Å². The van der Waals surface area contributed by atoms with E-state index in [2.05, 4.69) is 15.9 Å². The fourth-order valence-corrected chi connectivity index (χ4v) is 3.76. The van der Waals surface area contributed by atoms with Gasteiger partial charge < -0.3 is 9.84 Å². The maximum Gasteiger partial charge on any atom is 0.136 e. The topological polar surface area (TPSA) is 29.5 Å². The maximum absolute atomic E-state index is 10.2. The number of thiophene rings is 1. The molecule has 2 nitrogen and oxygen atoms in total. The Kier molecular flexibility index (Phi) is 3.36. The van der Waals surface area contributed by atoms with Gasteiger partial charge in [-0.1, -0.05) is 11.6 Å². The van der Waals surface area contributed by atoms with Crippen molar-refractivity contribution in [3.63, 3.8) is 0 Å². The van der Waals surface area contributed by atoms with Gasteiger partial charge in [-0.05, 0) is 40.2 Å². The zero-order chi connectivity index (χ0) is 12.7. The zero-order valence-corrected chi connectivity index (χ0v) is 12.4. The van der Waals surface area contributed by atoms with Crippen LogP contribution in [0.2, 0.25) is 5.02 Å². The summed E-state index contributed by atoms with van der Waals surface area (Å²) in [6.07, 6.45) is -0.0661. The Labute approximate surface area is 122 Å². The lowest BCUT2D eigenvalue weighted by molar-refractivity contribution is 0.0674. The zero-order valence-electron chi connectivity index (χ0n) is 9.27. The molecule has 1 unspecified atom stereocenters. The van der Waals surface area contributed by atoms with Crippen LogP contribution in [0.3, 0.4) is 0 Å². The molecule has 3 rings (SSSR count). The van der Waals surface area contributed by atoms with Gasteiger partial charge in [0, 0.05) is 31.7 Å². The van der Waals surface area contributed by atoms with E-state index in [9.17, 15) is 5.11 Å². The summed E-state index contributed by atoms with van der Waals surface area (Å²) in [5.41, 5.74) is 0.773. The number of benzene rings is 1. The van der Waals surface area contributed by atoms with Gasteiger partial charge in [-0.2, -0.15) is 0 Å².